The lowest BCUT2D eigenvalue weighted by atomic mass is 10.0. The lowest BCUT2D eigenvalue weighted by Crippen LogP contribution is -2.38. The quantitative estimate of drug-likeness (QED) is 0.431. The van der Waals surface area contributed by atoms with Crippen LogP contribution in [-0.4, -0.2) is 41.5 Å². The lowest BCUT2D eigenvalue weighted by Gasteiger charge is -2.28. The molecule has 4 aromatic rings. The zero-order valence-corrected chi connectivity index (χ0v) is 17.6. The van der Waals surface area contributed by atoms with E-state index in [0.717, 1.165) is 10.4 Å². The Morgan fingerprint density at radius 1 is 1.09 bits per heavy atom. The number of pyridine rings is 1. The van der Waals surface area contributed by atoms with Gasteiger partial charge in [0.15, 0.2) is 28.2 Å². The van der Waals surface area contributed by atoms with Crippen molar-refractivity contribution in [3.63, 3.8) is 0 Å². The first-order chi connectivity index (χ1) is 16.1. The van der Waals surface area contributed by atoms with E-state index in [1.54, 1.807) is 6.07 Å². The van der Waals surface area contributed by atoms with Crippen molar-refractivity contribution in [1.29, 1.82) is 0 Å². The minimum Gasteiger partial charge on any atom is -0.488 e. The highest BCUT2D eigenvalue weighted by molar-refractivity contribution is 7.92. The van der Waals surface area contributed by atoms with Crippen LogP contribution in [0.15, 0.2) is 47.9 Å². The highest BCUT2D eigenvalue weighted by Crippen LogP contribution is 2.42. The van der Waals surface area contributed by atoms with Crippen LogP contribution < -0.4 is 9.04 Å². The molecule has 1 aromatic carbocycles. The molecule has 176 valence electrons. The van der Waals surface area contributed by atoms with E-state index in [4.69, 9.17) is 4.74 Å². The summed E-state index contributed by atoms with van der Waals surface area (Å²) in [5, 5.41) is -1.02. The Morgan fingerprint density at radius 3 is 2.53 bits per heavy atom. The molecule has 0 aliphatic carbocycles. The molecule has 4 heterocycles. The molecular weight excluding hydrogens is 485 g/mol. The normalized spacial score (nSPS) is 14.2. The monoisotopic (exact) mass is 497 g/mol. The number of nitrogens with one attached hydrogen (secondary N) is 1. The van der Waals surface area contributed by atoms with Crippen LogP contribution in [0.4, 0.5) is 27.8 Å². The van der Waals surface area contributed by atoms with E-state index >= 15 is 0 Å². The number of fused-ring (bicyclic) bond motifs is 2. The average Bonchev–Trinajstić information content (AvgIpc) is 3.26. The van der Waals surface area contributed by atoms with Crippen LogP contribution in [0.3, 0.4) is 0 Å². The summed E-state index contributed by atoms with van der Waals surface area (Å²) >= 11 is 0. The summed E-state index contributed by atoms with van der Waals surface area (Å²) in [6, 6.07) is 4.13. The summed E-state index contributed by atoms with van der Waals surface area (Å²) in [6.45, 7) is -0.134. The summed E-state index contributed by atoms with van der Waals surface area (Å²) in [5.41, 5.74) is -2.64. The van der Waals surface area contributed by atoms with Gasteiger partial charge in [0, 0.05) is 17.1 Å². The molecule has 0 spiro atoms. The second kappa shape index (κ2) is 7.62. The zero-order valence-electron chi connectivity index (χ0n) is 16.8. The van der Waals surface area contributed by atoms with Crippen LogP contribution in [0, 0.1) is 11.6 Å². The third-order valence-corrected chi connectivity index (χ3v) is 6.81. The van der Waals surface area contributed by atoms with E-state index < -0.39 is 60.7 Å². The molecule has 0 saturated carbocycles. The summed E-state index contributed by atoms with van der Waals surface area (Å²) in [7, 11) is -4.42. The Morgan fingerprint density at radius 2 is 1.82 bits per heavy atom. The maximum atomic E-state index is 14.7. The minimum atomic E-state index is -5.04. The second-order valence-electron chi connectivity index (χ2n) is 7.18. The van der Waals surface area contributed by atoms with E-state index in [-0.39, 0.29) is 30.8 Å². The highest BCUT2D eigenvalue weighted by atomic mass is 32.2. The van der Waals surface area contributed by atoms with Gasteiger partial charge in [-0.2, -0.15) is 21.6 Å². The largest absolute Gasteiger partial charge is 0.488 e. The summed E-state index contributed by atoms with van der Waals surface area (Å²) in [5.74, 6) is -2.62. The van der Waals surface area contributed by atoms with Gasteiger partial charge in [-0.1, -0.05) is 0 Å². The third kappa shape index (κ3) is 3.50. The number of nitrogens with zero attached hydrogens (tertiary/aromatic N) is 4. The molecule has 0 unspecified atom stereocenters. The van der Waals surface area contributed by atoms with Gasteiger partial charge in [-0.25, -0.2) is 28.0 Å². The van der Waals surface area contributed by atoms with Crippen molar-refractivity contribution in [2.75, 3.05) is 17.5 Å². The van der Waals surface area contributed by atoms with Gasteiger partial charge in [0.25, 0.3) is 10.0 Å². The topological polar surface area (TPSA) is 101 Å². The van der Waals surface area contributed by atoms with Gasteiger partial charge >= 0.3 is 6.18 Å². The lowest BCUT2D eigenvalue weighted by molar-refractivity contribution is -0.137. The Labute approximate surface area is 188 Å². The number of halogens is 5. The van der Waals surface area contributed by atoms with Crippen molar-refractivity contribution in [2.24, 2.45) is 0 Å². The highest BCUT2D eigenvalue weighted by Gasteiger charge is 2.38. The van der Waals surface area contributed by atoms with Crippen molar-refractivity contribution in [3.05, 3.63) is 60.1 Å². The van der Waals surface area contributed by atoms with Gasteiger partial charge < -0.3 is 9.72 Å². The standard InChI is InChI=1S/C20H12F5N5O3S/c21-10-8-27-18(28-9-10)16-11-6-15(29-17(11)13(22)7-12(16)20(23,24)25)34(31,32)30-4-5-33-14-2-1-3-26-19(14)30/h1-3,6-9,29H,4-5H2. The number of aromatic amines is 1. The average molecular weight is 497 g/mol. The van der Waals surface area contributed by atoms with Gasteiger partial charge in [-0.05, 0) is 24.3 Å². The number of aromatic nitrogens is 4. The Kier molecular flexibility index (Phi) is 4.93. The first-order valence-electron chi connectivity index (χ1n) is 9.58. The van der Waals surface area contributed by atoms with E-state index in [0.29, 0.717) is 12.4 Å². The number of rotatable bonds is 3. The van der Waals surface area contributed by atoms with E-state index in [1.807, 2.05) is 0 Å². The predicted octanol–water partition coefficient (Wildman–Crippen LogP) is 3.90. The van der Waals surface area contributed by atoms with E-state index in [9.17, 15) is 30.4 Å². The maximum absolute atomic E-state index is 14.7. The van der Waals surface area contributed by atoms with Gasteiger partial charge in [0.1, 0.15) is 12.4 Å². The number of hydrogen-bond donors (Lipinski definition) is 1. The van der Waals surface area contributed by atoms with Gasteiger partial charge in [0.05, 0.1) is 30.0 Å². The number of H-pyrrole nitrogens is 1. The molecule has 0 atom stereocenters. The van der Waals surface area contributed by atoms with Gasteiger partial charge in [-0.3, -0.25) is 0 Å². The Hall–Kier alpha value is -3.81. The fourth-order valence-corrected chi connectivity index (χ4v) is 5.07. The number of benzene rings is 1. The van der Waals surface area contributed by atoms with Crippen LogP contribution in [0.2, 0.25) is 0 Å². The molecule has 8 nitrogen and oxygen atoms in total. The molecule has 0 radical (unpaired) electrons. The number of alkyl halides is 3. The number of sulfonamides is 1. The molecule has 3 aromatic heterocycles. The molecule has 0 saturated heterocycles. The van der Waals surface area contributed by atoms with Gasteiger partial charge in [-0.15, -0.1) is 0 Å². The number of anilines is 1. The Bertz CT molecular complexity index is 1520. The molecule has 1 aliphatic rings. The van der Waals surface area contributed by atoms with Crippen LogP contribution in [0.1, 0.15) is 5.56 Å². The number of ether oxygens (including phenoxy) is 1. The van der Waals surface area contributed by atoms with Crippen LogP contribution in [0.25, 0.3) is 22.3 Å². The first-order valence-corrected chi connectivity index (χ1v) is 11.0. The van der Waals surface area contributed by atoms with Crippen LogP contribution >= 0.6 is 0 Å². The third-order valence-electron chi connectivity index (χ3n) is 5.10. The van der Waals surface area contributed by atoms with E-state index in [2.05, 4.69) is 19.9 Å². The van der Waals surface area contributed by atoms with Gasteiger partial charge in [0.2, 0.25) is 0 Å². The first kappa shape index (κ1) is 22.0. The molecular formula is C20H12F5N5O3S. The predicted molar refractivity (Wildman–Crippen MR) is 109 cm³/mol. The van der Waals surface area contributed by atoms with Crippen molar-refractivity contribution in [1.82, 2.24) is 19.9 Å². The van der Waals surface area contributed by atoms with Crippen LogP contribution in [0.5, 0.6) is 5.75 Å². The molecule has 0 amide bonds. The fraction of sp³-hybridized carbons (Fsp3) is 0.150. The molecule has 14 heteroatoms. The molecule has 0 fully saturated rings. The van der Waals surface area contributed by atoms with E-state index in [1.165, 1.54) is 12.3 Å². The van der Waals surface area contributed by atoms with Crippen molar-refractivity contribution in [3.8, 4) is 17.1 Å². The summed E-state index contributed by atoms with van der Waals surface area (Å²) in [4.78, 5) is 13.5. The summed E-state index contributed by atoms with van der Waals surface area (Å²) in [6.07, 6.45) is -2.39. The zero-order chi connectivity index (χ0) is 24.3. The fourth-order valence-electron chi connectivity index (χ4n) is 3.66. The second-order valence-corrected chi connectivity index (χ2v) is 9.01. The smallest absolute Gasteiger partial charge is 0.417 e. The van der Waals surface area contributed by atoms with Crippen molar-refractivity contribution < 1.29 is 35.1 Å². The SMILES string of the molecule is O=S(=O)(c1cc2c(-c3ncc(F)cn3)c(C(F)(F)F)cc(F)c2[nH]1)N1CCOc2cccnc21. The van der Waals surface area contributed by atoms with Crippen molar-refractivity contribution >= 4 is 26.7 Å². The van der Waals surface area contributed by atoms with Crippen molar-refractivity contribution in [2.45, 2.75) is 11.2 Å². The maximum Gasteiger partial charge on any atom is 0.417 e. The Balaban J connectivity index is 1.75. The molecule has 5 rings (SSSR count). The molecule has 34 heavy (non-hydrogen) atoms. The molecule has 1 aliphatic heterocycles. The molecule has 1 N–H and O–H groups in total. The van der Waals surface area contributed by atoms with Crippen LogP contribution in [-0.2, 0) is 16.2 Å². The number of hydrogen-bond acceptors (Lipinski definition) is 6. The summed E-state index contributed by atoms with van der Waals surface area (Å²) < 4.78 is 102. The minimum absolute atomic E-state index is 0.000591. The molecule has 0 bridgehead atoms.